The third-order valence-corrected chi connectivity index (χ3v) is 6.78. The molecule has 5 rings (SSSR count). The van der Waals surface area contributed by atoms with E-state index >= 15 is 0 Å². The molecule has 0 spiro atoms. The second kappa shape index (κ2) is 9.75. The summed E-state index contributed by atoms with van der Waals surface area (Å²) in [6, 6.07) is 15.3. The summed E-state index contributed by atoms with van der Waals surface area (Å²) in [5.74, 6) is -1.15. The number of benzene rings is 2. The molecule has 0 fully saturated rings. The molecule has 4 aromatic rings. The molecule has 0 saturated heterocycles. The Bertz CT molecular complexity index is 1520. The maximum absolute atomic E-state index is 13.8. The van der Waals surface area contributed by atoms with Gasteiger partial charge in [-0.15, -0.1) is 0 Å². The number of Topliss-reactive ketones (excluding diaryl/α,β-unsaturated/α-hetero) is 1. The number of carbonyl (C=O) groups excluding carboxylic acids is 2. The number of aromatic nitrogens is 1. The number of methoxy groups -OCH3 is 1. The summed E-state index contributed by atoms with van der Waals surface area (Å²) in [7, 11) is 1.48. The summed E-state index contributed by atoms with van der Waals surface area (Å²) in [4.78, 5) is 32.7. The summed E-state index contributed by atoms with van der Waals surface area (Å²) in [6.07, 6.45) is 3.27. The molecule has 1 atom stereocenters. The van der Waals surface area contributed by atoms with Gasteiger partial charge in [0.25, 0.3) is 5.91 Å². The van der Waals surface area contributed by atoms with Gasteiger partial charge in [-0.3, -0.25) is 14.6 Å². The second-order valence-electron chi connectivity index (χ2n) is 9.24. The molecule has 8 heteroatoms. The van der Waals surface area contributed by atoms with Crippen LogP contribution in [0.5, 0.6) is 5.75 Å². The van der Waals surface area contributed by atoms with Crippen molar-refractivity contribution in [3.8, 4) is 5.75 Å². The number of hydrogen-bond donors (Lipinski definition) is 1. The average Bonchev–Trinajstić information content (AvgIpc) is 3.43. The zero-order chi connectivity index (χ0) is 26.3. The first-order valence-electron chi connectivity index (χ1n) is 11.8. The molecule has 2 aromatic carbocycles. The molecule has 7 nitrogen and oxygen atoms in total. The molecule has 188 valence electrons. The number of carbonyl (C=O) groups is 2. The molecule has 2 aromatic heterocycles. The van der Waals surface area contributed by atoms with Crippen molar-refractivity contribution in [2.75, 3.05) is 7.11 Å². The van der Waals surface area contributed by atoms with E-state index in [0.717, 1.165) is 11.1 Å². The van der Waals surface area contributed by atoms with Gasteiger partial charge in [0.05, 0.1) is 18.7 Å². The number of amides is 1. The number of furan rings is 1. The van der Waals surface area contributed by atoms with E-state index in [4.69, 9.17) is 20.8 Å². The van der Waals surface area contributed by atoms with Crippen LogP contribution in [0.3, 0.4) is 0 Å². The predicted molar refractivity (Wildman–Crippen MR) is 140 cm³/mol. The van der Waals surface area contributed by atoms with Crippen molar-refractivity contribution in [3.63, 3.8) is 0 Å². The van der Waals surface area contributed by atoms with Gasteiger partial charge in [-0.25, -0.2) is 0 Å². The van der Waals surface area contributed by atoms with Crippen LogP contribution in [-0.2, 0) is 11.3 Å². The van der Waals surface area contributed by atoms with Crippen LogP contribution in [0.1, 0.15) is 53.1 Å². The van der Waals surface area contributed by atoms with Crippen LogP contribution in [0, 0.1) is 0 Å². The standard InChI is InChI=1S/C29H25ClN2O5/c1-16(2)18-4-6-19(7-5-18)25-24(27(34)29(35)32(25)15-17-8-10-31-11-9-17)26(33)22-13-20-12-21(30)14-23(36-3)28(20)37-22/h4-14,16,25,34H,15H2,1-3H3. The fraction of sp³-hybridized carbons (Fsp3) is 0.207. The molecule has 1 N–H and O–H groups in total. The molecule has 1 aliphatic rings. The molecule has 3 heterocycles. The van der Waals surface area contributed by atoms with Crippen molar-refractivity contribution in [1.82, 2.24) is 9.88 Å². The monoisotopic (exact) mass is 516 g/mol. The number of aliphatic hydroxyl groups is 1. The van der Waals surface area contributed by atoms with Gasteiger partial charge in [-0.1, -0.05) is 49.7 Å². The van der Waals surface area contributed by atoms with Gasteiger partial charge in [0.15, 0.2) is 22.9 Å². The van der Waals surface area contributed by atoms with Gasteiger partial charge >= 0.3 is 0 Å². The predicted octanol–water partition coefficient (Wildman–Crippen LogP) is 6.39. The lowest BCUT2D eigenvalue weighted by atomic mass is 9.92. The van der Waals surface area contributed by atoms with Crippen LogP contribution < -0.4 is 4.74 Å². The molecular weight excluding hydrogens is 492 g/mol. The van der Waals surface area contributed by atoms with Gasteiger partial charge in [0.2, 0.25) is 5.78 Å². The highest BCUT2D eigenvalue weighted by molar-refractivity contribution is 6.31. The summed E-state index contributed by atoms with van der Waals surface area (Å²) in [5, 5.41) is 12.0. The van der Waals surface area contributed by atoms with Gasteiger partial charge in [-0.2, -0.15) is 0 Å². The van der Waals surface area contributed by atoms with E-state index in [1.165, 1.54) is 12.0 Å². The van der Waals surface area contributed by atoms with Crippen LogP contribution >= 0.6 is 11.6 Å². The van der Waals surface area contributed by atoms with E-state index in [-0.39, 0.29) is 17.9 Å². The van der Waals surface area contributed by atoms with Crippen molar-refractivity contribution in [1.29, 1.82) is 0 Å². The van der Waals surface area contributed by atoms with Crippen molar-refractivity contribution < 1.29 is 23.8 Å². The summed E-state index contributed by atoms with van der Waals surface area (Å²) < 4.78 is 11.2. The highest BCUT2D eigenvalue weighted by atomic mass is 35.5. The Kier molecular flexibility index (Phi) is 6.48. The first-order valence-corrected chi connectivity index (χ1v) is 12.2. The lowest BCUT2D eigenvalue weighted by molar-refractivity contribution is -0.130. The Labute approximate surface area is 218 Å². The Morgan fingerprint density at radius 2 is 1.84 bits per heavy atom. The minimum Gasteiger partial charge on any atom is -0.503 e. The van der Waals surface area contributed by atoms with Crippen molar-refractivity contribution in [3.05, 3.63) is 106 Å². The Morgan fingerprint density at radius 3 is 2.49 bits per heavy atom. The van der Waals surface area contributed by atoms with Gasteiger partial charge in [0.1, 0.15) is 0 Å². The summed E-state index contributed by atoms with van der Waals surface area (Å²) >= 11 is 6.18. The summed E-state index contributed by atoms with van der Waals surface area (Å²) in [6.45, 7) is 4.36. The number of hydrogen-bond acceptors (Lipinski definition) is 6. The van der Waals surface area contributed by atoms with Crippen LogP contribution in [0.15, 0.2) is 82.7 Å². The fourth-order valence-corrected chi connectivity index (χ4v) is 4.84. The van der Waals surface area contributed by atoms with E-state index in [0.29, 0.717) is 33.2 Å². The third-order valence-electron chi connectivity index (χ3n) is 6.56. The molecule has 1 aliphatic heterocycles. The quantitative estimate of drug-likeness (QED) is 0.286. The van der Waals surface area contributed by atoms with Crippen LogP contribution in [0.25, 0.3) is 11.0 Å². The maximum atomic E-state index is 13.8. The van der Waals surface area contributed by atoms with Crippen molar-refractivity contribution in [2.45, 2.75) is 32.4 Å². The molecule has 37 heavy (non-hydrogen) atoms. The highest BCUT2D eigenvalue weighted by Crippen LogP contribution is 2.41. The van der Waals surface area contributed by atoms with Crippen LogP contribution in [0.4, 0.5) is 0 Å². The molecular formula is C29H25ClN2O5. The van der Waals surface area contributed by atoms with Crippen LogP contribution in [-0.4, -0.2) is 33.8 Å². The van der Waals surface area contributed by atoms with Gasteiger partial charge < -0.3 is 19.2 Å². The van der Waals surface area contributed by atoms with E-state index in [9.17, 15) is 14.7 Å². The number of ketones is 1. The maximum Gasteiger partial charge on any atom is 0.290 e. The fourth-order valence-electron chi connectivity index (χ4n) is 4.63. The summed E-state index contributed by atoms with van der Waals surface area (Å²) in [5.41, 5.74) is 2.95. The van der Waals surface area contributed by atoms with Crippen molar-refractivity contribution in [2.24, 2.45) is 0 Å². The molecule has 0 saturated carbocycles. The number of fused-ring (bicyclic) bond motifs is 1. The van der Waals surface area contributed by atoms with Gasteiger partial charge in [0, 0.05) is 35.4 Å². The molecule has 1 amide bonds. The van der Waals surface area contributed by atoms with E-state index < -0.39 is 23.5 Å². The number of halogens is 1. The Hall–Kier alpha value is -4.10. The lowest BCUT2D eigenvalue weighted by Gasteiger charge is -2.27. The minimum atomic E-state index is -0.812. The van der Waals surface area contributed by atoms with Crippen molar-refractivity contribution >= 4 is 34.3 Å². The first-order chi connectivity index (χ1) is 17.8. The number of nitrogens with zero attached hydrogens (tertiary/aromatic N) is 2. The molecule has 0 bridgehead atoms. The third kappa shape index (κ3) is 4.47. The zero-order valence-corrected chi connectivity index (χ0v) is 21.3. The van der Waals surface area contributed by atoms with E-state index in [1.54, 1.807) is 42.7 Å². The number of rotatable bonds is 7. The second-order valence-corrected chi connectivity index (χ2v) is 9.68. The van der Waals surface area contributed by atoms with Crippen LogP contribution in [0.2, 0.25) is 5.02 Å². The number of aliphatic hydroxyl groups excluding tert-OH is 1. The highest BCUT2D eigenvalue weighted by Gasteiger charge is 2.44. The zero-order valence-electron chi connectivity index (χ0n) is 20.6. The lowest BCUT2D eigenvalue weighted by Crippen LogP contribution is -2.30. The number of pyridine rings is 1. The minimum absolute atomic E-state index is 0.0283. The molecule has 0 aliphatic carbocycles. The molecule has 1 unspecified atom stereocenters. The normalized spacial score (nSPS) is 15.8. The van der Waals surface area contributed by atoms with Gasteiger partial charge in [-0.05, 0) is 46.9 Å². The molecule has 0 radical (unpaired) electrons. The van der Waals surface area contributed by atoms with E-state index in [1.807, 2.05) is 24.3 Å². The Morgan fingerprint density at radius 1 is 1.14 bits per heavy atom. The first kappa shape index (κ1) is 24.6. The van der Waals surface area contributed by atoms with E-state index in [2.05, 4.69) is 18.8 Å². The Balaban J connectivity index is 1.61. The average molecular weight is 517 g/mol. The number of ether oxygens (including phenoxy) is 1. The SMILES string of the molecule is COc1cc(Cl)cc2cc(C(=O)C3=C(O)C(=O)N(Cc4ccncc4)C3c3ccc(C(C)C)cc3)oc12. The topological polar surface area (TPSA) is 92.9 Å². The smallest absolute Gasteiger partial charge is 0.290 e. The largest absolute Gasteiger partial charge is 0.503 e.